The summed E-state index contributed by atoms with van der Waals surface area (Å²) in [6.45, 7) is 11.0. The van der Waals surface area contributed by atoms with Crippen molar-refractivity contribution in [1.29, 1.82) is 0 Å². The molecule has 0 aromatic carbocycles. The van der Waals surface area contributed by atoms with Crippen LogP contribution in [0.4, 0.5) is 4.79 Å². The fourth-order valence-electron chi connectivity index (χ4n) is 1.91. The van der Waals surface area contributed by atoms with Crippen molar-refractivity contribution >= 4 is 26.5 Å². The van der Waals surface area contributed by atoms with Gasteiger partial charge in [-0.3, -0.25) is 35.2 Å². The van der Waals surface area contributed by atoms with E-state index < -0.39 is 6.16 Å². The van der Waals surface area contributed by atoms with Gasteiger partial charge >= 0.3 is 6.16 Å². The van der Waals surface area contributed by atoms with Crippen LogP contribution in [0.5, 0.6) is 0 Å². The molecule has 0 aliphatic heterocycles. The van der Waals surface area contributed by atoms with Crippen molar-refractivity contribution in [3.05, 3.63) is 48.8 Å². The zero-order valence-corrected chi connectivity index (χ0v) is 19.9. The summed E-state index contributed by atoms with van der Waals surface area (Å²) < 4.78 is 4.28. The Balaban J connectivity index is -0.000000193. The van der Waals surface area contributed by atoms with Crippen molar-refractivity contribution in [2.45, 2.75) is 0 Å². The first-order chi connectivity index (χ1) is 15.2. The van der Waals surface area contributed by atoms with E-state index >= 15 is 0 Å². The molecule has 0 saturated carbocycles. The van der Waals surface area contributed by atoms with Crippen LogP contribution >= 0.6 is 0 Å². The normalized spacial score (nSPS) is 8.22. The number of carbonyl (C=O) groups excluding carboxylic acids is 3. The Bertz CT molecular complexity index is 593. The number of hydrogen-bond donors (Lipinski definition) is 3. The molecular formula is C20H26N3O8Re-3. The number of ether oxygens (including phenoxy) is 1. The molecule has 2 rings (SSSR count). The maximum Gasteiger partial charge on any atom is 0.505 e. The van der Waals surface area contributed by atoms with Gasteiger partial charge in [0.15, 0.2) is 0 Å². The molecule has 0 aliphatic carbocycles. The first-order valence-electron chi connectivity index (χ1n) is 8.50. The van der Waals surface area contributed by atoms with E-state index in [1.54, 1.807) is 17.3 Å². The van der Waals surface area contributed by atoms with Gasteiger partial charge < -0.3 is 34.4 Å². The maximum absolute atomic E-state index is 9.96. The smallest absolute Gasteiger partial charge is 0.505 e. The second-order valence-electron chi connectivity index (χ2n) is 4.83. The molecule has 1 radical (unpaired) electrons. The van der Waals surface area contributed by atoms with Crippen LogP contribution < -0.4 is 0 Å². The summed E-state index contributed by atoms with van der Waals surface area (Å²) in [6, 6.07) is 11.6. The van der Waals surface area contributed by atoms with E-state index in [4.69, 9.17) is 29.7 Å². The number of pyridine rings is 2. The quantitative estimate of drug-likeness (QED) is 0.210. The number of nitrogens with zero attached hydrogens (tertiary/aromatic N) is 3. The summed E-state index contributed by atoms with van der Waals surface area (Å²) in [6.07, 6.45) is 2.22. The van der Waals surface area contributed by atoms with Gasteiger partial charge in [-0.25, -0.2) is 4.79 Å². The van der Waals surface area contributed by atoms with Gasteiger partial charge in [-0.15, -0.1) is 0 Å². The van der Waals surface area contributed by atoms with Crippen LogP contribution in [-0.2, 0) is 39.5 Å². The van der Waals surface area contributed by atoms with Crippen molar-refractivity contribution < 1.29 is 59.7 Å². The average molecular weight is 623 g/mol. The molecule has 179 valence electrons. The zero-order chi connectivity index (χ0) is 24.3. The number of carboxylic acid groups (broad SMARTS) is 1. The van der Waals surface area contributed by atoms with E-state index in [0.29, 0.717) is 19.6 Å². The van der Waals surface area contributed by atoms with Crippen molar-refractivity contribution in [2.24, 2.45) is 0 Å². The van der Waals surface area contributed by atoms with Gasteiger partial charge in [-0.05, 0) is 24.3 Å². The molecule has 12 heteroatoms. The zero-order valence-electron chi connectivity index (χ0n) is 17.2. The number of rotatable bonds is 8. The standard InChI is InChI=1S/C10H8N2.C7H15NO5.3CHO.Re/c1-3-7-11-9(5-1)10-6-2-4-8-12-10;9-4-1-8(2-5-10)3-6-13-7(11)12;3*1-2;/h1-8H;9-10H,1-6H2,(H,11,12);3*1H;/q;;3*-1;. The summed E-state index contributed by atoms with van der Waals surface area (Å²) in [4.78, 5) is 43.3. The van der Waals surface area contributed by atoms with Crippen LogP contribution in [0.3, 0.4) is 0 Å². The summed E-state index contributed by atoms with van der Waals surface area (Å²) >= 11 is 0. The van der Waals surface area contributed by atoms with Crippen LogP contribution in [0, 0.1) is 0 Å². The van der Waals surface area contributed by atoms with E-state index in [1.807, 2.05) is 36.4 Å². The molecule has 2 heterocycles. The minimum Gasteiger partial charge on any atom is -0.545 e. The number of aliphatic hydroxyl groups excluding tert-OH is 2. The Hall–Kier alpha value is -2.88. The minimum atomic E-state index is -1.31. The average Bonchev–Trinajstić information content (AvgIpc) is 2.84. The van der Waals surface area contributed by atoms with Crippen molar-refractivity contribution in [3.8, 4) is 11.4 Å². The van der Waals surface area contributed by atoms with Crippen LogP contribution in [0.15, 0.2) is 48.8 Å². The van der Waals surface area contributed by atoms with E-state index in [1.165, 1.54) is 0 Å². The first-order valence-corrected chi connectivity index (χ1v) is 8.50. The third-order valence-corrected chi connectivity index (χ3v) is 3.06. The van der Waals surface area contributed by atoms with E-state index in [9.17, 15) is 4.79 Å². The van der Waals surface area contributed by atoms with Gasteiger partial charge in [-0.1, -0.05) is 12.1 Å². The molecule has 2 aromatic rings. The Morgan fingerprint density at radius 2 is 1.22 bits per heavy atom. The predicted molar refractivity (Wildman–Crippen MR) is 112 cm³/mol. The summed E-state index contributed by atoms with van der Waals surface area (Å²) in [7, 11) is 0. The second kappa shape index (κ2) is 30.3. The Morgan fingerprint density at radius 1 is 0.812 bits per heavy atom. The second-order valence-corrected chi connectivity index (χ2v) is 4.83. The molecule has 0 saturated heterocycles. The molecule has 11 nitrogen and oxygen atoms in total. The molecular weight excluding hydrogens is 596 g/mol. The van der Waals surface area contributed by atoms with E-state index in [2.05, 4.69) is 35.1 Å². The molecule has 0 aliphatic rings. The van der Waals surface area contributed by atoms with Crippen LogP contribution in [0.1, 0.15) is 0 Å². The fourth-order valence-corrected chi connectivity index (χ4v) is 1.91. The minimum absolute atomic E-state index is 0. The summed E-state index contributed by atoms with van der Waals surface area (Å²) in [5, 5.41) is 25.3. The number of carbonyl (C=O) groups is 1. The Morgan fingerprint density at radius 3 is 1.50 bits per heavy atom. The molecule has 2 aromatic heterocycles. The molecule has 0 atom stereocenters. The fraction of sp³-hybridized carbons (Fsp3) is 0.300. The van der Waals surface area contributed by atoms with Crippen molar-refractivity contribution in [2.75, 3.05) is 39.5 Å². The number of aliphatic hydroxyl groups is 2. The van der Waals surface area contributed by atoms with Crippen molar-refractivity contribution in [1.82, 2.24) is 14.9 Å². The van der Waals surface area contributed by atoms with E-state index in [-0.39, 0.29) is 40.2 Å². The van der Waals surface area contributed by atoms with Gasteiger partial charge in [0.1, 0.15) is 6.61 Å². The summed E-state index contributed by atoms with van der Waals surface area (Å²) in [5.74, 6) is 0. The predicted octanol–water partition coefficient (Wildman–Crippen LogP) is 0.286. The third-order valence-electron chi connectivity index (χ3n) is 3.06. The molecule has 0 fully saturated rings. The van der Waals surface area contributed by atoms with Crippen LogP contribution in [-0.4, -0.2) is 96.2 Å². The van der Waals surface area contributed by atoms with Gasteiger partial charge in [0, 0.05) is 52.5 Å². The third kappa shape index (κ3) is 21.8. The van der Waals surface area contributed by atoms with Gasteiger partial charge in [0.05, 0.1) is 24.6 Å². The van der Waals surface area contributed by atoms with Gasteiger partial charge in [0.2, 0.25) is 0 Å². The Labute approximate surface area is 200 Å². The number of hydrogen-bond acceptors (Lipinski definition) is 10. The number of aromatic nitrogens is 2. The monoisotopic (exact) mass is 623 g/mol. The molecule has 0 amide bonds. The van der Waals surface area contributed by atoms with Crippen LogP contribution in [0.25, 0.3) is 11.4 Å². The molecule has 0 spiro atoms. The maximum atomic E-state index is 9.96. The van der Waals surface area contributed by atoms with Crippen LogP contribution in [0.2, 0.25) is 0 Å². The SMILES string of the molecule is O=C(O)OCCN(CCO)CCO.[CH-]=O.[CH-]=O.[CH-]=O.[Re].c1ccc(-c2ccccn2)nc1. The molecule has 32 heavy (non-hydrogen) atoms. The molecule has 0 bridgehead atoms. The molecule has 3 N–H and O–H groups in total. The Kier molecular flexibility index (Phi) is 34.6. The first kappa shape index (κ1) is 36.5. The molecule has 0 unspecified atom stereocenters. The topological polar surface area (TPSA) is 167 Å². The van der Waals surface area contributed by atoms with Gasteiger partial charge in [-0.2, -0.15) is 0 Å². The van der Waals surface area contributed by atoms with E-state index in [0.717, 1.165) is 11.4 Å². The van der Waals surface area contributed by atoms with Crippen molar-refractivity contribution in [3.63, 3.8) is 0 Å². The van der Waals surface area contributed by atoms with Gasteiger partial charge in [0.25, 0.3) is 0 Å². The summed E-state index contributed by atoms with van der Waals surface area (Å²) in [5.41, 5.74) is 1.83. The largest absolute Gasteiger partial charge is 0.545 e.